The number of carbonyl (C=O) groups is 1. The maximum absolute atomic E-state index is 14.7. The smallest absolute Gasteiger partial charge is 0.243 e. The molecule has 1 aromatic heterocycles. The fraction of sp³-hybridized carbons (Fsp3) is 0.312. The summed E-state index contributed by atoms with van der Waals surface area (Å²) in [6.45, 7) is 1.45. The van der Waals surface area contributed by atoms with Crippen molar-refractivity contribution in [2.45, 2.75) is 37.1 Å². The first-order valence-electron chi connectivity index (χ1n) is 13.9. The molecule has 4 aromatic rings. The Morgan fingerprint density at radius 1 is 0.927 bits per heavy atom. The molecule has 3 aromatic carbocycles. The molecular formula is C32H35ClN4O3S. The van der Waals surface area contributed by atoms with Crippen molar-refractivity contribution in [3.8, 4) is 0 Å². The lowest BCUT2D eigenvalue weighted by Crippen LogP contribution is -2.52. The van der Waals surface area contributed by atoms with Gasteiger partial charge in [0.05, 0.1) is 16.9 Å². The zero-order chi connectivity index (χ0) is 28.9. The van der Waals surface area contributed by atoms with Gasteiger partial charge in [0.15, 0.2) is 0 Å². The molecule has 0 saturated carbocycles. The van der Waals surface area contributed by atoms with E-state index < -0.39 is 15.4 Å². The molecule has 41 heavy (non-hydrogen) atoms. The summed E-state index contributed by atoms with van der Waals surface area (Å²) >= 11 is 6.09. The van der Waals surface area contributed by atoms with E-state index in [1.807, 2.05) is 77.3 Å². The molecule has 1 amide bonds. The molecule has 7 nitrogen and oxygen atoms in total. The first kappa shape index (κ1) is 29.0. The van der Waals surface area contributed by atoms with E-state index in [9.17, 15) is 13.2 Å². The zero-order valence-electron chi connectivity index (χ0n) is 23.2. The van der Waals surface area contributed by atoms with Gasteiger partial charge in [-0.1, -0.05) is 72.3 Å². The van der Waals surface area contributed by atoms with Crippen LogP contribution in [0, 0.1) is 5.41 Å². The lowest BCUT2D eigenvalue weighted by Gasteiger charge is -2.43. The second-order valence-corrected chi connectivity index (χ2v) is 13.1. The summed E-state index contributed by atoms with van der Waals surface area (Å²) < 4.78 is 30.3. The van der Waals surface area contributed by atoms with Crippen LogP contribution < -0.4 is 0 Å². The third-order valence-corrected chi connectivity index (χ3v) is 10.2. The monoisotopic (exact) mass is 590 g/mol. The molecule has 2 heterocycles. The first-order chi connectivity index (χ1) is 19.8. The third kappa shape index (κ3) is 6.72. The number of aryl methyl sites for hydroxylation is 1. The maximum atomic E-state index is 14.7. The van der Waals surface area contributed by atoms with E-state index in [1.54, 1.807) is 36.5 Å². The van der Waals surface area contributed by atoms with E-state index in [2.05, 4.69) is 4.98 Å². The van der Waals surface area contributed by atoms with E-state index in [-0.39, 0.29) is 23.9 Å². The largest absolute Gasteiger partial charge is 0.337 e. The average Bonchev–Trinajstić information content (AvgIpc) is 3.40. The predicted octanol–water partition coefficient (Wildman–Crippen LogP) is 5.36. The Bertz CT molecular complexity index is 1550. The molecule has 1 aliphatic rings. The standard InChI is InChI=1S/C32H35ClN4O3S/c1-35-23-19-34-30(35)25-36(20-16-26-12-14-28(33)15-13-26)31(38)32(24-27-8-4-2-5-9-27)17-21-37(22-18-32)41(39,40)29-10-6-3-7-11-29/h2-15,19,23H,16-18,20-22,24-25H2,1H3. The Kier molecular flexibility index (Phi) is 8.92. The number of hydrogen-bond donors (Lipinski definition) is 0. The summed E-state index contributed by atoms with van der Waals surface area (Å²) in [5, 5.41) is 0.675. The first-order valence-corrected chi connectivity index (χ1v) is 15.7. The molecular weight excluding hydrogens is 556 g/mol. The number of halogens is 1. The number of carbonyl (C=O) groups excluding carboxylic acids is 1. The second kappa shape index (κ2) is 12.6. The fourth-order valence-electron chi connectivity index (χ4n) is 5.57. The second-order valence-electron chi connectivity index (χ2n) is 10.7. The Balaban J connectivity index is 1.43. The molecule has 5 rings (SSSR count). The van der Waals surface area contributed by atoms with Gasteiger partial charge in [-0.05, 0) is 61.1 Å². The van der Waals surface area contributed by atoms with Crippen LogP contribution >= 0.6 is 11.6 Å². The molecule has 0 atom stereocenters. The molecule has 0 spiro atoms. The van der Waals surface area contributed by atoms with Crippen LogP contribution in [0.4, 0.5) is 0 Å². The minimum Gasteiger partial charge on any atom is -0.337 e. The van der Waals surface area contributed by atoms with Crippen molar-refractivity contribution in [2.24, 2.45) is 12.5 Å². The summed E-state index contributed by atoms with van der Waals surface area (Å²) in [7, 11) is -1.72. The molecule has 0 aliphatic carbocycles. The Hall–Kier alpha value is -3.46. The number of imidazole rings is 1. The normalized spacial score (nSPS) is 15.5. The minimum absolute atomic E-state index is 0.0371. The van der Waals surface area contributed by atoms with E-state index >= 15 is 0 Å². The van der Waals surface area contributed by atoms with Gasteiger partial charge >= 0.3 is 0 Å². The predicted molar refractivity (Wildman–Crippen MR) is 161 cm³/mol. The molecule has 1 aliphatic heterocycles. The van der Waals surface area contributed by atoms with E-state index in [0.29, 0.717) is 43.8 Å². The highest BCUT2D eigenvalue weighted by atomic mass is 35.5. The summed E-state index contributed by atoms with van der Waals surface area (Å²) in [5.74, 6) is 0.837. The van der Waals surface area contributed by atoms with Crippen molar-refractivity contribution in [1.82, 2.24) is 18.8 Å². The van der Waals surface area contributed by atoms with E-state index in [4.69, 9.17) is 11.6 Å². The van der Waals surface area contributed by atoms with Gasteiger partial charge in [-0.2, -0.15) is 4.31 Å². The van der Waals surface area contributed by atoms with Gasteiger partial charge in [-0.25, -0.2) is 13.4 Å². The van der Waals surface area contributed by atoms with E-state index in [1.165, 1.54) is 4.31 Å². The number of nitrogens with zero attached hydrogens (tertiary/aromatic N) is 4. The third-order valence-electron chi connectivity index (χ3n) is 8.02. The number of hydrogen-bond acceptors (Lipinski definition) is 4. The molecule has 0 unspecified atom stereocenters. The molecule has 0 N–H and O–H groups in total. The molecule has 0 bridgehead atoms. The summed E-state index contributed by atoms with van der Waals surface area (Å²) in [5.41, 5.74) is 1.41. The number of rotatable bonds is 10. The summed E-state index contributed by atoms with van der Waals surface area (Å²) in [6, 6.07) is 26.2. The zero-order valence-corrected chi connectivity index (χ0v) is 24.8. The number of sulfonamides is 1. The van der Waals surface area contributed by atoms with Crippen LogP contribution in [0.2, 0.25) is 5.02 Å². The quantitative estimate of drug-likeness (QED) is 0.249. The molecule has 214 valence electrons. The lowest BCUT2D eigenvalue weighted by molar-refractivity contribution is -0.145. The van der Waals surface area contributed by atoms with Crippen LogP contribution in [0.15, 0.2) is 102 Å². The van der Waals surface area contributed by atoms with Gasteiger partial charge in [-0.15, -0.1) is 0 Å². The highest BCUT2D eigenvalue weighted by Crippen LogP contribution is 2.39. The lowest BCUT2D eigenvalue weighted by atomic mass is 9.73. The number of amides is 1. The van der Waals surface area contributed by atoms with Crippen LogP contribution in [0.3, 0.4) is 0 Å². The summed E-state index contributed by atoms with van der Waals surface area (Å²) in [6.07, 6.45) is 5.70. The average molecular weight is 591 g/mol. The molecule has 0 radical (unpaired) electrons. The number of piperidine rings is 1. The number of benzene rings is 3. The minimum atomic E-state index is -3.64. The van der Waals surface area contributed by atoms with Crippen molar-refractivity contribution >= 4 is 27.5 Å². The Labute approximate surface area is 247 Å². The Morgan fingerprint density at radius 2 is 1.56 bits per heavy atom. The maximum Gasteiger partial charge on any atom is 0.243 e. The molecule has 1 saturated heterocycles. The highest BCUT2D eigenvalue weighted by molar-refractivity contribution is 7.89. The van der Waals surface area contributed by atoms with Crippen LogP contribution in [0.5, 0.6) is 0 Å². The number of aromatic nitrogens is 2. The van der Waals surface area contributed by atoms with E-state index in [0.717, 1.165) is 17.0 Å². The van der Waals surface area contributed by atoms with Crippen LogP contribution in [-0.2, 0) is 41.3 Å². The van der Waals surface area contributed by atoms with Crippen LogP contribution in [-0.4, -0.2) is 52.7 Å². The topological polar surface area (TPSA) is 75.5 Å². The van der Waals surface area contributed by atoms with Crippen molar-refractivity contribution in [3.05, 3.63) is 119 Å². The van der Waals surface area contributed by atoms with Crippen molar-refractivity contribution in [2.75, 3.05) is 19.6 Å². The van der Waals surface area contributed by atoms with Gasteiger partial charge in [0.25, 0.3) is 0 Å². The van der Waals surface area contributed by atoms with Crippen LogP contribution in [0.1, 0.15) is 29.8 Å². The SMILES string of the molecule is Cn1ccnc1CN(CCc1ccc(Cl)cc1)C(=O)C1(Cc2ccccc2)CCN(S(=O)(=O)c2ccccc2)CC1. The fourth-order valence-corrected chi connectivity index (χ4v) is 7.16. The van der Waals surface area contributed by atoms with Crippen LogP contribution in [0.25, 0.3) is 0 Å². The van der Waals surface area contributed by atoms with Crippen molar-refractivity contribution in [1.29, 1.82) is 0 Å². The molecule has 1 fully saturated rings. The van der Waals surface area contributed by atoms with Gasteiger partial charge in [0.1, 0.15) is 5.82 Å². The van der Waals surface area contributed by atoms with Gasteiger partial charge in [0.2, 0.25) is 15.9 Å². The van der Waals surface area contributed by atoms with Crippen molar-refractivity contribution < 1.29 is 13.2 Å². The van der Waals surface area contributed by atoms with Crippen molar-refractivity contribution in [3.63, 3.8) is 0 Å². The summed E-state index contributed by atoms with van der Waals surface area (Å²) in [4.78, 5) is 21.3. The van der Waals surface area contributed by atoms with Gasteiger partial charge in [0, 0.05) is 44.1 Å². The molecule has 9 heteroatoms. The van der Waals surface area contributed by atoms with Gasteiger partial charge < -0.3 is 9.47 Å². The van der Waals surface area contributed by atoms with Gasteiger partial charge in [-0.3, -0.25) is 4.79 Å². The Morgan fingerprint density at radius 3 is 2.17 bits per heavy atom. The highest BCUT2D eigenvalue weighted by Gasteiger charge is 2.46.